The normalized spacial score (nSPS) is 11.4. The zero-order chi connectivity index (χ0) is 23.8. The fraction of sp³-hybridized carbons (Fsp3) is 0.240. The van der Waals surface area contributed by atoms with Crippen LogP contribution in [0.5, 0.6) is 0 Å². The summed E-state index contributed by atoms with van der Waals surface area (Å²) in [6.45, 7) is 2.59. The maximum absolute atomic E-state index is 12.9. The molecule has 3 N–H and O–H groups in total. The molecule has 3 aromatic carbocycles. The van der Waals surface area contributed by atoms with Gasteiger partial charge in [0.15, 0.2) is 0 Å². The SMILES string of the molecule is CCNc1ccc(S(=O)(=O)N(C)C)cc1NCC(=O)NC(c1ccccc1)c1ccccc1. The molecular weight excluding hydrogens is 436 g/mol. The van der Waals surface area contributed by atoms with Gasteiger partial charge in [0.05, 0.1) is 28.9 Å². The van der Waals surface area contributed by atoms with Crippen molar-refractivity contribution in [3.8, 4) is 0 Å². The van der Waals surface area contributed by atoms with Gasteiger partial charge < -0.3 is 16.0 Å². The third-order valence-electron chi connectivity index (χ3n) is 5.15. The molecule has 3 aromatic rings. The summed E-state index contributed by atoms with van der Waals surface area (Å²) in [7, 11) is -0.621. The van der Waals surface area contributed by atoms with Crippen LogP contribution in [0.4, 0.5) is 11.4 Å². The van der Waals surface area contributed by atoms with Crippen LogP contribution < -0.4 is 16.0 Å². The molecule has 0 aliphatic rings. The minimum atomic E-state index is -3.60. The quantitative estimate of drug-likeness (QED) is 0.424. The standard InChI is InChI=1S/C25H30N4O3S/c1-4-26-22-16-15-21(33(31,32)29(2)3)17-23(22)27-18-24(30)28-25(19-11-7-5-8-12-19)20-13-9-6-10-14-20/h5-17,25-27H,4,18H2,1-3H3,(H,28,30). The molecule has 0 heterocycles. The Hall–Kier alpha value is -3.36. The first-order valence-corrected chi connectivity index (χ1v) is 12.2. The van der Waals surface area contributed by atoms with Crippen LogP contribution in [-0.2, 0) is 14.8 Å². The molecule has 0 radical (unpaired) electrons. The molecule has 0 saturated carbocycles. The second-order valence-electron chi connectivity index (χ2n) is 7.70. The van der Waals surface area contributed by atoms with Crippen LogP contribution in [-0.4, -0.2) is 45.8 Å². The topological polar surface area (TPSA) is 90.5 Å². The van der Waals surface area contributed by atoms with Gasteiger partial charge in [-0.3, -0.25) is 4.79 Å². The monoisotopic (exact) mass is 466 g/mol. The Kier molecular flexibility index (Phi) is 8.08. The number of hydrogen-bond acceptors (Lipinski definition) is 5. The largest absolute Gasteiger partial charge is 0.384 e. The Balaban J connectivity index is 1.80. The molecule has 0 fully saturated rings. The van der Waals surface area contributed by atoms with Crippen molar-refractivity contribution in [3.63, 3.8) is 0 Å². The molecule has 0 aliphatic carbocycles. The van der Waals surface area contributed by atoms with Crippen molar-refractivity contribution in [2.24, 2.45) is 0 Å². The highest BCUT2D eigenvalue weighted by atomic mass is 32.2. The Morgan fingerprint density at radius 1 is 0.848 bits per heavy atom. The van der Waals surface area contributed by atoms with Crippen LogP contribution >= 0.6 is 0 Å². The lowest BCUT2D eigenvalue weighted by atomic mass is 9.99. The van der Waals surface area contributed by atoms with Crippen molar-refractivity contribution in [3.05, 3.63) is 90.0 Å². The number of carbonyl (C=O) groups excluding carboxylic acids is 1. The molecule has 1 amide bonds. The van der Waals surface area contributed by atoms with E-state index in [0.29, 0.717) is 12.2 Å². The number of benzene rings is 3. The molecule has 8 heteroatoms. The number of nitrogens with zero attached hydrogens (tertiary/aromatic N) is 1. The van der Waals surface area contributed by atoms with Crippen LogP contribution in [0, 0.1) is 0 Å². The molecule has 0 spiro atoms. The Bertz CT molecular complexity index is 1130. The maximum atomic E-state index is 12.9. The van der Waals surface area contributed by atoms with Gasteiger partial charge in [-0.1, -0.05) is 60.7 Å². The van der Waals surface area contributed by atoms with Gasteiger partial charge in [0.2, 0.25) is 15.9 Å². The molecule has 0 aromatic heterocycles. The zero-order valence-electron chi connectivity index (χ0n) is 19.1. The van der Waals surface area contributed by atoms with E-state index < -0.39 is 10.0 Å². The van der Waals surface area contributed by atoms with Gasteiger partial charge in [-0.05, 0) is 36.2 Å². The smallest absolute Gasteiger partial charge is 0.242 e. The first-order chi connectivity index (χ1) is 15.8. The number of amides is 1. The minimum absolute atomic E-state index is 0.0139. The minimum Gasteiger partial charge on any atom is -0.384 e. The predicted molar refractivity (Wildman–Crippen MR) is 133 cm³/mol. The van der Waals surface area contributed by atoms with Gasteiger partial charge in [-0.25, -0.2) is 12.7 Å². The van der Waals surface area contributed by atoms with Crippen LogP contribution in [0.25, 0.3) is 0 Å². The fourth-order valence-corrected chi connectivity index (χ4v) is 4.35. The first kappa shape index (κ1) is 24.3. The van der Waals surface area contributed by atoms with E-state index in [1.165, 1.54) is 14.1 Å². The van der Waals surface area contributed by atoms with Crippen molar-refractivity contribution in [1.82, 2.24) is 9.62 Å². The highest BCUT2D eigenvalue weighted by Gasteiger charge is 2.20. The van der Waals surface area contributed by atoms with E-state index in [4.69, 9.17) is 0 Å². The van der Waals surface area contributed by atoms with Crippen LogP contribution in [0.15, 0.2) is 83.8 Å². The number of carbonyl (C=O) groups is 1. The summed E-state index contributed by atoms with van der Waals surface area (Å²) in [5.74, 6) is -0.212. The number of nitrogens with one attached hydrogen (secondary N) is 3. The van der Waals surface area contributed by atoms with E-state index in [1.807, 2.05) is 67.6 Å². The number of sulfonamides is 1. The highest BCUT2D eigenvalue weighted by molar-refractivity contribution is 7.89. The van der Waals surface area contributed by atoms with E-state index in [-0.39, 0.29) is 23.4 Å². The second-order valence-corrected chi connectivity index (χ2v) is 9.85. The third kappa shape index (κ3) is 6.12. The summed E-state index contributed by atoms with van der Waals surface area (Å²) in [6, 6.07) is 24.0. The van der Waals surface area contributed by atoms with Gasteiger partial charge in [-0.2, -0.15) is 0 Å². The molecular formula is C25H30N4O3S. The molecule has 174 valence electrons. The Morgan fingerprint density at radius 3 is 1.94 bits per heavy atom. The molecule has 0 unspecified atom stereocenters. The molecule has 7 nitrogen and oxygen atoms in total. The molecule has 3 rings (SSSR count). The van der Waals surface area contributed by atoms with Gasteiger partial charge in [-0.15, -0.1) is 0 Å². The maximum Gasteiger partial charge on any atom is 0.242 e. The average Bonchev–Trinajstić information content (AvgIpc) is 2.83. The van der Waals surface area contributed by atoms with E-state index in [2.05, 4.69) is 16.0 Å². The number of hydrogen-bond donors (Lipinski definition) is 3. The summed E-state index contributed by atoms with van der Waals surface area (Å²) < 4.78 is 26.3. The van der Waals surface area contributed by atoms with Crippen LogP contribution in [0.1, 0.15) is 24.1 Å². The summed E-state index contributed by atoms with van der Waals surface area (Å²) >= 11 is 0. The lowest BCUT2D eigenvalue weighted by Gasteiger charge is -2.21. The van der Waals surface area contributed by atoms with Crippen molar-refractivity contribution in [1.29, 1.82) is 0 Å². The van der Waals surface area contributed by atoms with Gasteiger partial charge in [0, 0.05) is 20.6 Å². The summed E-state index contributed by atoms with van der Waals surface area (Å²) in [5.41, 5.74) is 3.23. The Labute approximate surface area is 195 Å². The fourth-order valence-electron chi connectivity index (χ4n) is 3.42. The zero-order valence-corrected chi connectivity index (χ0v) is 19.9. The van der Waals surface area contributed by atoms with E-state index >= 15 is 0 Å². The summed E-state index contributed by atoms with van der Waals surface area (Å²) in [4.78, 5) is 13.1. The van der Waals surface area contributed by atoms with Crippen LogP contribution in [0.2, 0.25) is 0 Å². The molecule has 0 bridgehead atoms. The molecule has 33 heavy (non-hydrogen) atoms. The van der Waals surface area contributed by atoms with Crippen molar-refractivity contribution in [2.45, 2.75) is 17.9 Å². The molecule has 0 atom stereocenters. The summed E-state index contributed by atoms with van der Waals surface area (Å²) in [5, 5.41) is 9.38. The lowest BCUT2D eigenvalue weighted by molar-refractivity contribution is -0.119. The van der Waals surface area contributed by atoms with Crippen molar-refractivity contribution >= 4 is 27.3 Å². The number of anilines is 2. The third-order valence-corrected chi connectivity index (χ3v) is 6.96. The number of rotatable bonds is 10. The van der Waals surface area contributed by atoms with Gasteiger partial charge in [0.25, 0.3) is 0 Å². The lowest BCUT2D eigenvalue weighted by Crippen LogP contribution is -2.34. The first-order valence-electron chi connectivity index (χ1n) is 10.8. The van der Waals surface area contributed by atoms with Gasteiger partial charge in [0.1, 0.15) is 0 Å². The predicted octanol–water partition coefficient (Wildman–Crippen LogP) is 3.69. The van der Waals surface area contributed by atoms with Crippen molar-refractivity contribution < 1.29 is 13.2 Å². The average molecular weight is 467 g/mol. The van der Waals surface area contributed by atoms with E-state index in [1.54, 1.807) is 18.2 Å². The molecule has 0 aliphatic heterocycles. The van der Waals surface area contributed by atoms with Crippen LogP contribution in [0.3, 0.4) is 0 Å². The summed E-state index contributed by atoms with van der Waals surface area (Å²) in [6.07, 6.45) is 0. The van der Waals surface area contributed by atoms with E-state index in [0.717, 1.165) is 21.1 Å². The van der Waals surface area contributed by atoms with Gasteiger partial charge >= 0.3 is 0 Å². The highest BCUT2D eigenvalue weighted by Crippen LogP contribution is 2.27. The second kappa shape index (κ2) is 11.0. The van der Waals surface area contributed by atoms with E-state index in [9.17, 15) is 13.2 Å². The molecule has 0 saturated heterocycles. The van der Waals surface area contributed by atoms with Crippen molar-refractivity contribution in [2.75, 3.05) is 37.8 Å². The Morgan fingerprint density at radius 2 is 1.42 bits per heavy atom.